The van der Waals surface area contributed by atoms with Gasteiger partial charge in [0.15, 0.2) is 0 Å². The van der Waals surface area contributed by atoms with Crippen LogP contribution in [0.15, 0.2) is 0 Å². The summed E-state index contributed by atoms with van der Waals surface area (Å²) < 4.78 is 1.75. The predicted octanol–water partition coefficient (Wildman–Crippen LogP) is 1.34. The van der Waals surface area contributed by atoms with Crippen LogP contribution in [0.1, 0.15) is 37.2 Å². The normalized spacial score (nSPS) is 12.3. The molecule has 1 rings (SSSR count). The minimum absolute atomic E-state index is 0.189. The number of hydrogen-bond donors (Lipinski definition) is 3. The van der Waals surface area contributed by atoms with Gasteiger partial charge in [0.25, 0.3) is 0 Å². The summed E-state index contributed by atoms with van der Waals surface area (Å²) in [5.41, 5.74) is 2.78. The van der Waals surface area contributed by atoms with Gasteiger partial charge in [0.1, 0.15) is 6.04 Å². The van der Waals surface area contributed by atoms with E-state index in [-0.39, 0.29) is 5.92 Å². The first-order chi connectivity index (χ1) is 9.72. The first kappa shape index (κ1) is 17.0. The molecule has 0 saturated heterocycles. The molecule has 0 fully saturated rings. The highest BCUT2D eigenvalue weighted by Crippen LogP contribution is 2.11. The van der Waals surface area contributed by atoms with Crippen LogP contribution in [0, 0.1) is 19.8 Å². The number of carboxylic acids is 1. The fourth-order valence-electron chi connectivity index (χ4n) is 2.14. The maximum Gasteiger partial charge on any atom is 0.326 e. The molecule has 3 N–H and O–H groups in total. The number of aromatic nitrogens is 2. The Morgan fingerprint density at radius 1 is 1.33 bits per heavy atom. The van der Waals surface area contributed by atoms with Crippen molar-refractivity contribution in [3.05, 3.63) is 17.0 Å². The molecule has 118 valence electrons. The van der Waals surface area contributed by atoms with E-state index in [1.54, 1.807) is 4.68 Å². The van der Waals surface area contributed by atoms with E-state index in [9.17, 15) is 9.59 Å². The van der Waals surface area contributed by atoms with Crippen molar-refractivity contribution in [1.82, 2.24) is 20.4 Å². The molecular formula is C14H24N4O3. The number of aryl methyl sites for hydroxylation is 2. The number of rotatable bonds is 6. The number of amides is 2. The Morgan fingerprint density at radius 3 is 2.38 bits per heavy atom. The molecule has 0 unspecified atom stereocenters. The Kier molecular flexibility index (Phi) is 5.75. The Balaban J connectivity index is 2.59. The van der Waals surface area contributed by atoms with E-state index < -0.39 is 18.0 Å². The first-order valence-electron chi connectivity index (χ1n) is 6.98. The van der Waals surface area contributed by atoms with E-state index in [4.69, 9.17) is 5.11 Å². The van der Waals surface area contributed by atoms with Crippen LogP contribution < -0.4 is 10.6 Å². The average Bonchev–Trinajstić information content (AvgIpc) is 2.60. The Bertz CT molecular complexity index is 523. The van der Waals surface area contributed by atoms with Gasteiger partial charge in [0, 0.05) is 24.8 Å². The average molecular weight is 296 g/mol. The second-order valence-corrected chi connectivity index (χ2v) is 5.62. The van der Waals surface area contributed by atoms with Gasteiger partial charge in [-0.3, -0.25) is 4.68 Å². The molecule has 0 aliphatic heterocycles. The number of nitrogens with one attached hydrogen (secondary N) is 2. The maximum atomic E-state index is 11.8. The second kappa shape index (κ2) is 7.10. The molecule has 7 nitrogen and oxygen atoms in total. The fourth-order valence-corrected chi connectivity index (χ4v) is 2.14. The summed E-state index contributed by atoms with van der Waals surface area (Å²) >= 11 is 0. The number of aliphatic carboxylic acids is 1. The molecule has 1 atom stereocenters. The Hall–Kier alpha value is -2.05. The molecule has 0 bridgehead atoms. The highest BCUT2D eigenvalue weighted by molar-refractivity contribution is 5.82. The topological polar surface area (TPSA) is 96.3 Å². The van der Waals surface area contributed by atoms with Crippen molar-refractivity contribution >= 4 is 12.0 Å². The van der Waals surface area contributed by atoms with E-state index in [2.05, 4.69) is 15.7 Å². The largest absolute Gasteiger partial charge is 0.480 e. The lowest BCUT2D eigenvalue weighted by Crippen LogP contribution is -2.46. The lowest BCUT2D eigenvalue weighted by molar-refractivity contribution is -0.139. The van der Waals surface area contributed by atoms with Crippen molar-refractivity contribution in [2.24, 2.45) is 13.0 Å². The highest BCUT2D eigenvalue weighted by Gasteiger charge is 2.21. The van der Waals surface area contributed by atoms with Gasteiger partial charge in [0.05, 0.1) is 5.69 Å². The lowest BCUT2D eigenvalue weighted by Gasteiger charge is -2.17. The van der Waals surface area contributed by atoms with Crippen LogP contribution in [0.3, 0.4) is 0 Å². The van der Waals surface area contributed by atoms with Gasteiger partial charge in [-0.1, -0.05) is 13.8 Å². The number of carboxylic acid groups (broad SMARTS) is 1. The van der Waals surface area contributed by atoms with Crippen LogP contribution in [0.5, 0.6) is 0 Å². The summed E-state index contributed by atoms with van der Waals surface area (Å²) in [5, 5.41) is 18.5. The molecule has 7 heteroatoms. The standard InChI is InChI=1S/C14H24N4O3/c1-8(2)6-12(13(19)20)16-14(21)15-7-11-9(3)17-18(5)10(11)4/h8,12H,6-7H2,1-5H3,(H,19,20)(H2,15,16,21)/t12-/m0/s1. The molecule has 1 aromatic heterocycles. The Labute approximate surface area is 124 Å². The van der Waals surface area contributed by atoms with Crippen LogP contribution in [0.25, 0.3) is 0 Å². The number of nitrogens with zero attached hydrogens (tertiary/aromatic N) is 2. The molecule has 0 saturated carbocycles. The van der Waals surface area contributed by atoms with Crippen LogP contribution in [0.4, 0.5) is 4.79 Å². The van der Waals surface area contributed by atoms with Gasteiger partial charge in [-0.2, -0.15) is 5.10 Å². The van der Waals surface area contributed by atoms with Crippen molar-refractivity contribution in [1.29, 1.82) is 0 Å². The lowest BCUT2D eigenvalue weighted by atomic mass is 10.0. The molecule has 1 aromatic rings. The molecule has 21 heavy (non-hydrogen) atoms. The maximum absolute atomic E-state index is 11.8. The third-order valence-corrected chi connectivity index (χ3v) is 3.40. The molecule has 0 radical (unpaired) electrons. The first-order valence-corrected chi connectivity index (χ1v) is 6.98. The van der Waals surface area contributed by atoms with Crippen molar-refractivity contribution in [3.63, 3.8) is 0 Å². The van der Waals surface area contributed by atoms with E-state index in [1.807, 2.05) is 34.7 Å². The van der Waals surface area contributed by atoms with Crippen LogP contribution in [-0.4, -0.2) is 32.9 Å². The molecule has 0 aliphatic carbocycles. The van der Waals surface area contributed by atoms with Gasteiger partial charge >= 0.3 is 12.0 Å². The summed E-state index contributed by atoms with van der Waals surface area (Å²) in [7, 11) is 1.84. The smallest absolute Gasteiger partial charge is 0.326 e. The van der Waals surface area contributed by atoms with Crippen LogP contribution >= 0.6 is 0 Å². The second-order valence-electron chi connectivity index (χ2n) is 5.62. The fraction of sp³-hybridized carbons (Fsp3) is 0.643. The van der Waals surface area contributed by atoms with E-state index in [1.165, 1.54) is 0 Å². The zero-order valence-corrected chi connectivity index (χ0v) is 13.2. The van der Waals surface area contributed by atoms with E-state index in [0.717, 1.165) is 17.0 Å². The summed E-state index contributed by atoms with van der Waals surface area (Å²) in [4.78, 5) is 22.9. The summed E-state index contributed by atoms with van der Waals surface area (Å²) in [6.07, 6.45) is 0.397. The molecule has 0 aliphatic rings. The third kappa shape index (κ3) is 4.77. The van der Waals surface area contributed by atoms with Crippen molar-refractivity contribution in [2.45, 2.75) is 46.7 Å². The Morgan fingerprint density at radius 2 is 1.95 bits per heavy atom. The van der Waals surface area contributed by atoms with Crippen molar-refractivity contribution in [2.75, 3.05) is 0 Å². The SMILES string of the molecule is Cc1nn(C)c(C)c1CNC(=O)N[C@@H](CC(C)C)C(=O)O. The van der Waals surface area contributed by atoms with Gasteiger partial charge < -0.3 is 15.7 Å². The number of urea groups is 1. The van der Waals surface area contributed by atoms with Crippen molar-refractivity contribution in [3.8, 4) is 0 Å². The summed E-state index contributed by atoms with van der Waals surface area (Å²) in [5.74, 6) is -0.832. The number of carbonyl (C=O) groups excluding carboxylic acids is 1. The summed E-state index contributed by atoms with van der Waals surface area (Å²) in [6, 6.07) is -1.35. The minimum atomic E-state index is -1.02. The zero-order chi connectivity index (χ0) is 16.2. The molecular weight excluding hydrogens is 272 g/mol. The molecule has 0 aromatic carbocycles. The number of hydrogen-bond acceptors (Lipinski definition) is 3. The van der Waals surface area contributed by atoms with Gasteiger partial charge in [-0.05, 0) is 26.2 Å². The molecule has 2 amide bonds. The minimum Gasteiger partial charge on any atom is -0.480 e. The van der Waals surface area contributed by atoms with Gasteiger partial charge in [-0.25, -0.2) is 9.59 Å². The van der Waals surface area contributed by atoms with Crippen LogP contribution in [-0.2, 0) is 18.4 Å². The van der Waals surface area contributed by atoms with Crippen molar-refractivity contribution < 1.29 is 14.7 Å². The van der Waals surface area contributed by atoms with E-state index in [0.29, 0.717) is 13.0 Å². The summed E-state index contributed by atoms with van der Waals surface area (Å²) in [6.45, 7) is 7.95. The molecule has 0 spiro atoms. The van der Waals surface area contributed by atoms with Gasteiger partial charge in [-0.15, -0.1) is 0 Å². The van der Waals surface area contributed by atoms with Crippen LogP contribution in [0.2, 0.25) is 0 Å². The monoisotopic (exact) mass is 296 g/mol. The van der Waals surface area contributed by atoms with Gasteiger partial charge in [0.2, 0.25) is 0 Å². The zero-order valence-electron chi connectivity index (χ0n) is 13.2. The van der Waals surface area contributed by atoms with E-state index >= 15 is 0 Å². The quantitative estimate of drug-likeness (QED) is 0.738. The predicted molar refractivity (Wildman–Crippen MR) is 78.9 cm³/mol. The number of carbonyl (C=O) groups is 2. The third-order valence-electron chi connectivity index (χ3n) is 3.40. The molecule has 1 heterocycles. The highest BCUT2D eigenvalue weighted by atomic mass is 16.4.